The largest absolute Gasteiger partial charge is 0.481 e. The van der Waals surface area contributed by atoms with Crippen molar-refractivity contribution in [1.82, 2.24) is 4.31 Å². The molecule has 1 saturated heterocycles. The van der Waals surface area contributed by atoms with Gasteiger partial charge in [0.25, 0.3) is 0 Å². The molecule has 0 spiro atoms. The maximum Gasteiger partial charge on any atom is 0.308 e. The molecule has 1 N–H and O–H groups in total. The van der Waals surface area contributed by atoms with Crippen LogP contribution in [0.1, 0.15) is 43.0 Å². The first-order chi connectivity index (χ1) is 14.6. The number of piperidine rings is 1. The number of carboxylic acid groups (broad SMARTS) is 1. The smallest absolute Gasteiger partial charge is 0.308 e. The van der Waals surface area contributed by atoms with Crippen molar-refractivity contribution >= 4 is 27.8 Å². The molecule has 0 unspecified atom stereocenters. The van der Waals surface area contributed by atoms with Crippen LogP contribution in [0.25, 0.3) is 0 Å². The van der Waals surface area contributed by atoms with E-state index >= 15 is 0 Å². The van der Waals surface area contributed by atoms with Gasteiger partial charge in [0.05, 0.1) is 16.9 Å². The first-order valence-corrected chi connectivity index (χ1v) is 13.1. The second kappa shape index (κ2) is 9.76. The van der Waals surface area contributed by atoms with Crippen LogP contribution in [0.5, 0.6) is 0 Å². The molecule has 31 heavy (non-hydrogen) atoms. The Balaban J connectivity index is 2.03. The minimum atomic E-state index is -3.85. The number of aliphatic carboxylic acids is 1. The molecule has 1 heterocycles. The molecule has 7 heteroatoms. The zero-order valence-corrected chi connectivity index (χ0v) is 20.1. The summed E-state index contributed by atoms with van der Waals surface area (Å²) in [5.74, 6) is -0.398. The lowest BCUT2D eigenvalue weighted by atomic mass is 9.90. The Morgan fingerprint density at radius 1 is 1.06 bits per heavy atom. The predicted octanol–water partition coefficient (Wildman–Crippen LogP) is 4.90. The van der Waals surface area contributed by atoms with E-state index in [1.807, 2.05) is 38.1 Å². The number of benzene rings is 2. The Kier molecular flexibility index (Phi) is 7.50. The van der Waals surface area contributed by atoms with E-state index in [9.17, 15) is 18.3 Å². The van der Waals surface area contributed by atoms with Crippen LogP contribution in [0, 0.1) is 25.7 Å². The van der Waals surface area contributed by atoms with E-state index in [2.05, 4.69) is 13.8 Å². The summed E-state index contributed by atoms with van der Waals surface area (Å²) >= 11 is 1.65. The maximum atomic E-state index is 13.6. The van der Waals surface area contributed by atoms with Crippen LogP contribution in [-0.2, 0) is 14.8 Å². The second-order valence-electron chi connectivity index (χ2n) is 8.76. The lowest BCUT2D eigenvalue weighted by Crippen LogP contribution is -2.49. The zero-order valence-electron chi connectivity index (χ0n) is 18.5. The summed E-state index contributed by atoms with van der Waals surface area (Å²) < 4.78 is 28.6. The number of aryl methyl sites for hydroxylation is 2. The fraction of sp³-hybridized carbons (Fsp3) is 0.458. The van der Waals surface area contributed by atoms with E-state index in [-0.39, 0.29) is 16.7 Å². The number of rotatable bonds is 7. The molecule has 2 aromatic rings. The maximum absolute atomic E-state index is 13.6. The number of hydrogen-bond donors (Lipinski definition) is 1. The van der Waals surface area contributed by atoms with Crippen LogP contribution >= 0.6 is 11.8 Å². The van der Waals surface area contributed by atoms with E-state index in [4.69, 9.17) is 0 Å². The third-order valence-corrected chi connectivity index (χ3v) is 9.38. The highest BCUT2D eigenvalue weighted by molar-refractivity contribution is 7.99. The molecule has 0 bridgehead atoms. The van der Waals surface area contributed by atoms with Gasteiger partial charge in [-0.2, -0.15) is 16.1 Å². The molecule has 3 rings (SSSR count). The Hall–Kier alpha value is -1.83. The summed E-state index contributed by atoms with van der Waals surface area (Å²) in [5.41, 5.74) is 2.98. The van der Waals surface area contributed by atoms with Gasteiger partial charge in [-0.1, -0.05) is 61.4 Å². The van der Waals surface area contributed by atoms with Gasteiger partial charge in [-0.3, -0.25) is 4.79 Å². The molecular formula is C24H31NO4S2. The highest BCUT2D eigenvalue weighted by Gasteiger charge is 2.45. The molecule has 0 radical (unpaired) electrons. The number of carbonyl (C=O) groups is 1. The van der Waals surface area contributed by atoms with Crippen molar-refractivity contribution in [3.05, 3.63) is 65.2 Å². The van der Waals surface area contributed by atoms with Gasteiger partial charge in [0.15, 0.2) is 0 Å². The van der Waals surface area contributed by atoms with Crippen LogP contribution in [0.15, 0.2) is 53.4 Å². The molecule has 0 amide bonds. The number of carboxylic acids is 1. The summed E-state index contributed by atoms with van der Waals surface area (Å²) in [5, 5.41) is 9.78. The Morgan fingerprint density at radius 2 is 1.61 bits per heavy atom. The van der Waals surface area contributed by atoms with Crippen molar-refractivity contribution in [2.24, 2.45) is 11.8 Å². The average Bonchev–Trinajstić information content (AvgIpc) is 2.72. The molecule has 2 aromatic carbocycles. The van der Waals surface area contributed by atoms with Crippen molar-refractivity contribution in [3.63, 3.8) is 0 Å². The number of thioether (sulfide) groups is 1. The van der Waals surface area contributed by atoms with E-state index in [1.54, 1.807) is 36.0 Å². The Bertz CT molecular complexity index is 1000. The topological polar surface area (TPSA) is 74.7 Å². The van der Waals surface area contributed by atoms with Gasteiger partial charge in [-0.05, 0) is 49.6 Å². The van der Waals surface area contributed by atoms with Crippen molar-refractivity contribution in [1.29, 1.82) is 0 Å². The minimum absolute atomic E-state index is 0.0279. The fourth-order valence-electron chi connectivity index (χ4n) is 3.88. The van der Waals surface area contributed by atoms with Gasteiger partial charge in [-0.15, -0.1) is 0 Å². The molecule has 1 fully saturated rings. The molecule has 1 aliphatic heterocycles. The standard InChI is InChI=1S/C24H31NO4S2/c1-16(2)15-30-23-13-22(19-9-5-17(3)6-10-19)25(14-21(23)24(26)27)31(28,29)20-11-7-18(4)8-12-20/h5-12,16,21-23H,13-15H2,1-4H3,(H,26,27)/t21-,22+,23-/m1/s1. The zero-order chi connectivity index (χ0) is 22.8. The van der Waals surface area contributed by atoms with Gasteiger partial charge in [0.1, 0.15) is 0 Å². The monoisotopic (exact) mass is 461 g/mol. The van der Waals surface area contributed by atoms with Crippen LogP contribution in [0.3, 0.4) is 0 Å². The second-order valence-corrected chi connectivity index (χ2v) is 11.9. The van der Waals surface area contributed by atoms with E-state index < -0.39 is 28.0 Å². The van der Waals surface area contributed by atoms with Crippen molar-refractivity contribution in [2.45, 2.75) is 50.3 Å². The van der Waals surface area contributed by atoms with Gasteiger partial charge < -0.3 is 5.11 Å². The van der Waals surface area contributed by atoms with E-state index in [0.717, 1.165) is 22.4 Å². The number of hydrogen-bond acceptors (Lipinski definition) is 4. The lowest BCUT2D eigenvalue weighted by molar-refractivity contribution is -0.143. The average molecular weight is 462 g/mol. The van der Waals surface area contributed by atoms with E-state index in [1.165, 1.54) is 4.31 Å². The molecule has 168 valence electrons. The molecule has 0 saturated carbocycles. The fourth-order valence-corrected chi connectivity index (χ4v) is 6.92. The molecule has 3 atom stereocenters. The number of nitrogens with zero attached hydrogens (tertiary/aromatic N) is 1. The summed E-state index contributed by atoms with van der Waals surface area (Å²) in [6, 6.07) is 14.2. The third kappa shape index (κ3) is 5.51. The van der Waals surface area contributed by atoms with Crippen molar-refractivity contribution in [2.75, 3.05) is 12.3 Å². The predicted molar refractivity (Wildman–Crippen MR) is 126 cm³/mol. The van der Waals surface area contributed by atoms with Gasteiger partial charge in [0, 0.05) is 11.8 Å². The van der Waals surface area contributed by atoms with Crippen molar-refractivity contribution < 1.29 is 18.3 Å². The molecule has 0 aromatic heterocycles. The molecular weight excluding hydrogens is 430 g/mol. The lowest BCUT2D eigenvalue weighted by Gasteiger charge is -2.42. The molecule has 5 nitrogen and oxygen atoms in total. The molecule has 0 aliphatic carbocycles. The summed E-state index contributed by atoms with van der Waals surface area (Å²) in [7, 11) is -3.85. The number of sulfonamides is 1. The van der Waals surface area contributed by atoms with Crippen LogP contribution in [0.2, 0.25) is 0 Å². The Labute approximate surface area is 189 Å². The Morgan fingerprint density at radius 3 is 2.13 bits per heavy atom. The van der Waals surface area contributed by atoms with Crippen LogP contribution in [0.4, 0.5) is 0 Å². The third-order valence-electron chi connectivity index (χ3n) is 5.68. The van der Waals surface area contributed by atoms with Crippen molar-refractivity contribution in [3.8, 4) is 0 Å². The van der Waals surface area contributed by atoms with E-state index in [0.29, 0.717) is 12.3 Å². The quantitative estimate of drug-likeness (QED) is 0.635. The summed E-state index contributed by atoms with van der Waals surface area (Å²) in [4.78, 5) is 12.3. The summed E-state index contributed by atoms with van der Waals surface area (Å²) in [6.07, 6.45) is 0.475. The minimum Gasteiger partial charge on any atom is -0.481 e. The first kappa shape index (κ1) is 23.8. The highest BCUT2D eigenvalue weighted by atomic mass is 32.2. The van der Waals surface area contributed by atoms with Gasteiger partial charge in [0.2, 0.25) is 10.0 Å². The van der Waals surface area contributed by atoms with Gasteiger partial charge >= 0.3 is 5.97 Å². The van der Waals surface area contributed by atoms with Crippen LogP contribution < -0.4 is 0 Å². The first-order valence-electron chi connectivity index (χ1n) is 10.6. The summed E-state index contributed by atoms with van der Waals surface area (Å²) in [6.45, 7) is 8.09. The SMILES string of the molecule is Cc1ccc([C@@H]2C[C@@H](SCC(C)C)[C@H](C(=O)O)CN2S(=O)(=O)c2ccc(C)cc2)cc1. The highest BCUT2D eigenvalue weighted by Crippen LogP contribution is 2.42. The van der Waals surface area contributed by atoms with Gasteiger partial charge in [-0.25, -0.2) is 8.42 Å². The normalized spacial score (nSPS) is 22.5. The molecule has 1 aliphatic rings. The van der Waals surface area contributed by atoms with Crippen LogP contribution in [-0.4, -0.2) is 41.3 Å².